The lowest BCUT2D eigenvalue weighted by Gasteiger charge is -1.94. The normalized spacial score (nSPS) is 10.7. The van der Waals surface area contributed by atoms with Gasteiger partial charge in [-0.2, -0.15) is 16.3 Å². The first-order valence-electron chi connectivity index (χ1n) is 4.96. The molecule has 0 radical (unpaired) electrons. The molecular formula is C10H13N3OS. The SMILES string of the molecule is CCNCCc1nc(-c2ccsc2)no1. The molecule has 2 rings (SSSR count). The third-order valence-electron chi connectivity index (χ3n) is 2.01. The van der Waals surface area contributed by atoms with Crippen LogP contribution in [0.2, 0.25) is 0 Å². The smallest absolute Gasteiger partial charge is 0.228 e. The fourth-order valence-corrected chi connectivity index (χ4v) is 1.87. The number of aromatic nitrogens is 2. The van der Waals surface area contributed by atoms with Crippen molar-refractivity contribution < 1.29 is 4.52 Å². The molecule has 2 aromatic heterocycles. The van der Waals surface area contributed by atoms with Crippen LogP contribution in [0, 0.1) is 0 Å². The highest BCUT2D eigenvalue weighted by molar-refractivity contribution is 7.08. The Balaban J connectivity index is 1.98. The third-order valence-corrected chi connectivity index (χ3v) is 2.70. The molecule has 5 heteroatoms. The van der Waals surface area contributed by atoms with Gasteiger partial charge in [-0.1, -0.05) is 12.1 Å². The lowest BCUT2D eigenvalue weighted by molar-refractivity contribution is 0.377. The first-order valence-corrected chi connectivity index (χ1v) is 5.90. The summed E-state index contributed by atoms with van der Waals surface area (Å²) in [6.07, 6.45) is 0.783. The summed E-state index contributed by atoms with van der Waals surface area (Å²) in [6, 6.07) is 1.99. The molecule has 4 nitrogen and oxygen atoms in total. The van der Waals surface area contributed by atoms with Gasteiger partial charge in [0, 0.05) is 23.9 Å². The van der Waals surface area contributed by atoms with Crippen molar-refractivity contribution in [1.29, 1.82) is 0 Å². The minimum Gasteiger partial charge on any atom is -0.339 e. The maximum absolute atomic E-state index is 5.14. The van der Waals surface area contributed by atoms with E-state index in [1.807, 2.05) is 16.8 Å². The molecule has 0 fully saturated rings. The second-order valence-corrected chi connectivity index (χ2v) is 3.91. The van der Waals surface area contributed by atoms with E-state index < -0.39 is 0 Å². The number of rotatable bonds is 5. The van der Waals surface area contributed by atoms with E-state index in [1.165, 1.54) is 0 Å². The Morgan fingerprint density at radius 2 is 2.47 bits per heavy atom. The van der Waals surface area contributed by atoms with Crippen molar-refractivity contribution in [1.82, 2.24) is 15.5 Å². The molecule has 0 aliphatic carbocycles. The summed E-state index contributed by atoms with van der Waals surface area (Å²) in [5.41, 5.74) is 1.03. The number of hydrogen-bond acceptors (Lipinski definition) is 5. The summed E-state index contributed by atoms with van der Waals surface area (Å²) >= 11 is 1.63. The molecule has 0 aliphatic heterocycles. The van der Waals surface area contributed by atoms with Crippen LogP contribution in [0.15, 0.2) is 21.3 Å². The standard InChI is InChI=1S/C10H13N3OS/c1-2-11-5-3-9-12-10(13-14-9)8-4-6-15-7-8/h4,6-7,11H,2-3,5H2,1H3. The number of nitrogens with one attached hydrogen (secondary N) is 1. The van der Waals surface area contributed by atoms with Crippen LogP contribution >= 0.6 is 11.3 Å². The lowest BCUT2D eigenvalue weighted by atomic mass is 10.3. The highest BCUT2D eigenvalue weighted by Gasteiger charge is 2.07. The Hall–Kier alpha value is -1.20. The Kier molecular flexibility index (Phi) is 3.47. The first-order chi connectivity index (χ1) is 7.40. The van der Waals surface area contributed by atoms with Gasteiger partial charge < -0.3 is 9.84 Å². The van der Waals surface area contributed by atoms with Gasteiger partial charge >= 0.3 is 0 Å². The summed E-state index contributed by atoms with van der Waals surface area (Å²) in [5, 5.41) is 11.2. The van der Waals surface area contributed by atoms with Gasteiger partial charge in [-0.25, -0.2) is 0 Å². The number of nitrogens with zero attached hydrogens (tertiary/aromatic N) is 2. The number of thiophene rings is 1. The van der Waals surface area contributed by atoms with Gasteiger partial charge in [0.1, 0.15) is 0 Å². The minimum absolute atomic E-state index is 0.683. The minimum atomic E-state index is 0.683. The molecule has 0 aromatic carbocycles. The molecule has 1 N–H and O–H groups in total. The van der Waals surface area contributed by atoms with Crippen LogP contribution < -0.4 is 5.32 Å². The molecule has 15 heavy (non-hydrogen) atoms. The predicted octanol–water partition coefficient (Wildman–Crippen LogP) is 1.95. The van der Waals surface area contributed by atoms with E-state index in [-0.39, 0.29) is 0 Å². The van der Waals surface area contributed by atoms with Gasteiger partial charge in [0.15, 0.2) is 0 Å². The van der Waals surface area contributed by atoms with Crippen molar-refractivity contribution in [2.45, 2.75) is 13.3 Å². The summed E-state index contributed by atoms with van der Waals surface area (Å²) in [5.74, 6) is 1.37. The summed E-state index contributed by atoms with van der Waals surface area (Å²) in [4.78, 5) is 4.31. The first kappa shape index (κ1) is 10.3. The van der Waals surface area contributed by atoms with Crippen molar-refractivity contribution in [2.24, 2.45) is 0 Å². The number of hydrogen-bond donors (Lipinski definition) is 1. The Labute approximate surface area is 92.3 Å². The van der Waals surface area contributed by atoms with Crippen LogP contribution in [0.1, 0.15) is 12.8 Å². The largest absolute Gasteiger partial charge is 0.339 e. The Bertz CT molecular complexity index is 396. The zero-order chi connectivity index (χ0) is 10.5. The average molecular weight is 223 g/mol. The lowest BCUT2D eigenvalue weighted by Crippen LogP contribution is -2.16. The zero-order valence-corrected chi connectivity index (χ0v) is 9.38. The highest BCUT2D eigenvalue weighted by atomic mass is 32.1. The van der Waals surface area contributed by atoms with E-state index in [0.29, 0.717) is 11.7 Å². The monoisotopic (exact) mass is 223 g/mol. The van der Waals surface area contributed by atoms with Gasteiger partial charge in [-0.3, -0.25) is 0 Å². The molecule has 0 unspecified atom stereocenters. The van der Waals surface area contributed by atoms with Crippen molar-refractivity contribution in [3.05, 3.63) is 22.7 Å². The molecular weight excluding hydrogens is 210 g/mol. The van der Waals surface area contributed by atoms with Gasteiger partial charge in [0.05, 0.1) is 0 Å². The van der Waals surface area contributed by atoms with Crippen molar-refractivity contribution in [2.75, 3.05) is 13.1 Å². The summed E-state index contributed by atoms with van der Waals surface area (Å²) in [6.45, 7) is 3.91. The quantitative estimate of drug-likeness (QED) is 0.787. The van der Waals surface area contributed by atoms with Gasteiger partial charge in [-0.05, 0) is 18.0 Å². The Morgan fingerprint density at radius 3 is 3.20 bits per heavy atom. The molecule has 0 saturated heterocycles. The maximum atomic E-state index is 5.14. The third kappa shape index (κ3) is 2.64. The average Bonchev–Trinajstić information content (AvgIpc) is 2.87. The summed E-state index contributed by atoms with van der Waals surface area (Å²) < 4.78 is 5.14. The molecule has 2 aromatic rings. The van der Waals surface area contributed by atoms with Gasteiger partial charge in [0.25, 0.3) is 0 Å². The molecule has 0 spiro atoms. The van der Waals surface area contributed by atoms with E-state index in [0.717, 1.165) is 25.1 Å². The summed E-state index contributed by atoms with van der Waals surface area (Å²) in [7, 11) is 0. The molecule has 0 atom stereocenters. The van der Waals surface area contributed by atoms with Gasteiger partial charge in [0.2, 0.25) is 11.7 Å². The van der Waals surface area contributed by atoms with Crippen LogP contribution in [-0.4, -0.2) is 23.2 Å². The Morgan fingerprint density at radius 1 is 1.53 bits per heavy atom. The van der Waals surface area contributed by atoms with Crippen molar-refractivity contribution in [3.8, 4) is 11.4 Å². The van der Waals surface area contributed by atoms with Crippen LogP contribution in [0.4, 0.5) is 0 Å². The fourth-order valence-electron chi connectivity index (χ4n) is 1.24. The van der Waals surface area contributed by atoms with E-state index in [1.54, 1.807) is 11.3 Å². The second kappa shape index (κ2) is 5.04. The van der Waals surface area contributed by atoms with E-state index in [2.05, 4.69) is 22.4 Å². The van der Waals surface area contributed by atoms with Crippen molar-refractivity contribution in [3.63, 3.8) is 0 Å². The van der Waals surface area contributed by atoms with Crippen LogP contribution in [0.25, 0.3) is 11.4 Å². The molecule has 0 bridgehead atoms. The predicted molar refractivity (Wildman–Crippen MR) is 59.9 cm³/mol. The van der Waals surface area contributed by atoms with Gasteiger partial charge in [-0.15, -0.1) is 0 Å². The fraction of sp³-hybridized carbons (Fsp3) is 0.400. The van der Waals surface area contributed by atoms with E-state index in [4.69, 9.17) is 4.52 Å². The van der Waals surface area contributed by atoms with E-state index in [9.17, 15) is 0 Å². The topological polar surface area (TPSA) is 51.0 Å². The molecule has 0 amide bonds. The second-order valence-electron chi connectivity index (χ2n) is 3.13. The highest BCUT2D eigenvalue weighted by Crippen LogP contribution is 2.18. The van der Waals surface area contributed by atoms with E-state index >= 15 is 0 Å². The van der Waals surface area contributed by atoms with Crippen LogP contribution in [0.5, 0.6) is 0 Å². The molecule has 0 saturated carbocycles. The zero-order valence-electron chi connectivity index (χ0n) is 8.56. The molecule has 0 aliphatic rings. The van der Waals surface area contributed by atoms with Crippen LogP contribution in [-0.2, 0) is 6.42 Å². The maximum Gasteiger partial charge on any atom is 0.228 e. The molecule has 80 valence electrons. The molecule has 2 heterocycles. The van der Waals surface area contributed by atoms with Crippen molar-refractivity contribution >= 4 is 11.3 Å². The number of likely N-dealkylation sites (N-methyl/N-ethyl adjacent to an activating group) is 1. The van der Waals surface area contributed by atoms with Crippen LogP contribution in [0.3, 0.4) is 0 Å².